The molecule has 20 heavy (non-hydrogen) atoms. The molecule has 0 radical (unpaired) electrons. The summed E-state index contributed by atoms with van der Waals surface area (Å²) >= 11 is 0. The van der Waals surface area contributed by atoms with E-state index in [-0.39, 0.29) is 30.0 Å². The van der Waals surface area contributed by atoms with E-state index < -0.39 is 17.7 Å². The Morgan fingerprint density at radius 3 is 2.65 bits per heavy atom. The number of carboxylic acid groups (broad SMARTS) is 1. The number of pyridine rings is 1. The maximum absolute atomic E-state index is 12.9. The number of nitrogens with one attached hydrogen (secondary N) is 1. The molecule has 0 saturated heterocycles. The van der Waals surface area contributed by atoms with E-state index in [4.69, 9.17) is 0 Å². The first kappa shape index (κ1) is 12.8. The molecule has 1 fully saturated rings. The van der Waals surface area contributed by atoms with Crippen LogP contribution >= 0.6 is 0 Å². The van der Waals surface area contributed by atoms with Crippen LogP contribution < -0.4 is 5.32 Å². The minimum absolute atomic E-state index is 0.0799. The monoisotopic (exact) mass is 285 g/mol. The molecule has 2 heterocycles. The van der Waals surface area contributed by atoms with E-state index in [0.717, 1.165) is 0 Å². The number of nitrogens with zero attached hydrogens (tertiary/aromatic N) is 2. The highest BCUT2D eigenvalue weighted by Gasteiger charge is 2.64. The van der Waals surface area contributed by atoms with Crippen molar-refractivity contribution in [2.24, 2.45) is 0 Å². The highest BCUT2D eigenvalue weighted by molar-refractivity contribution is 5.93. The first-order valence-electron chi connectivity index (χ1n) is 5.89. The standard InChI is InChI=1S/C12H10F3N3O2/c13-12(14,15)11(4-5-11)17-9-8(10(19)20)18-6-2-1-3-7(18)16-9/h1-3,6,17H,4-5H2,(H,19,20). The third-order valence-electron chi connectivity index (χ3n) is 3.38. The Morgan fingerprint density at radius 2 is 2.10 bits per heavy atom. The summed E-state index contributed by atoms with van der Waals surface area (Å²) in [6, 6.07) is 4.75. The minimum Gasteiger partial charge on any atom is -0.476 e. The van der Waals surface area contributed by atoms with Gasteiger partial charge in [0.2, 0.25) is 0 Å². The smallest absolute Gasteiger partial charge is 0.411 e. The van der Waals surface area contributed by atoms with E-state index in [1.165, 1.54) is 16.7 Å². The molecule has 1 saturated carbocycles. The fourth-order valence-corrected chi connectivity index (χ4v) is 2.12. The molecule has 1 aliphatic carbocycles. The van der Waals surface area contributed by atoms with Crippen LogP contribution in [0.1, 0.15) is 23.3 Å². The van der Waals surface area contributed by atoms with Crippen molar-refractivity contribution in [3.8, 4) is 0 Å². The van der Waals surface area contributed by atoms with Crippen molar-refractivity contribution in [3.63, 3.8) is 0 Å². The van der Waals surface area contributed by atoms with Crippen molar-refractivity contribution in [2.75, 3.05) is 5.32 Å². The van der Waals surface area contributed by atoms with Gasteiger partial charge in [0.25, 0.3) is 0 Å². The number of alkyl halides is 3. The summed E-state index contributed by atoms with van der Waals surface area (Å²) in [7, 11) is 0. The Labute approximate surface area is 111 Å². The van der Waals surface area contributed by atoms with Gasteiger partial charge < -0.3 is 10.4 Å². The second-order valence-electron chi connectivity index (χ2n) is 4.75. The predicted molar refractivity (Wildman–Crippen MR) is 63.8 cm³/mol. The van der Waals surface area contributed by atoms with Gasteiger partial charge in [0.05, 0.1) is 0 Å². The van der Waals surface area contributed by atoms with E-state index in [9.17, 15) is 23.1 Å². The van der Waals surface area contributed by atoms with Gasteiger partial charge in [0.1, 0.15) is 11.2 Å². The molecule has 5 nitrogen and oxygen atoms in total. The van der Waals surface area contributed by atoms with Gasteiger partial charge >= 0.3 is 12.1 Å². The summed E-state index contributed by atoms with van der Waals surface area (Å²) < 4.78 is 40.0. The Kier molecular flexibility index (Phi) is 2.47. The number of rotatable bonds is 3. The van der Waals surface area contributed by atoms with E-state index in [1.807, 2.05) is 0 Å². The minimum atomic E-state index is -4.43. The highest BCUT2D eigenvalue weighted by Crippen LogP contribution is 2.51. The number of anilines is 1. The van der Waals surface area contributed by atoms with Gasteiger partial charge in [-0.3, -0.25) is 4.40 Å². The zero-order chi connectivity index (χ0) is 14.5. The lowest BCUT2D eigenvalue weighted by Gasteiger charge is -2.20. The van der Waals surface area contributed by atoms with Crippen LogP contribution in [0.15, 0.2) is 24.4 Å². The quantitative estimate of drug-likeness (QED) is 0.909. The topological polar surface area (TPSA) is 66.6 Å². The van der Waals surface area contributed by atoms with Crippen LogP contribution in [-0.2, 0) is 0 Å². The number of carbonyl (C=O) groups is 1. The molecule has 2 N–H and O–H groups in total. The third kappa shape index (κ3) is 1.79. The summed E-state index contributed by atoms with van der Waals surface area (Å²) in [6.45, 7) is 0. The van der Waals surface area contributed by atoms with E-state index >= 15 is 0 Å². The SMILES string of the molecule is O=C(O)c1c(NC2(C(F)(F)F)CC2)nc2ccccn12. The molecule has 2 aromatic heterocycles. The highest BCUT2D eigenvalue weighted by atomic mass is 19.4. The molecule has 2 aromatic rings. The second-order valence-corrected chi connectivity index (χ2v) is 4.75. The lowest BCUT2D eigenvalue weighted by atomic mass is 10.2. The largest absolute Gasteiger partial charge is 0.476 e. The number of hydrogen-bond donors (Lipinski definition) is 2. The van der Waals surface area contributed by atoms with Crippen LogP contribution in [0, 0.1) is 0 Å². The van der Waals surface area contributed by atoms with Crippen molar-refractivity contribution >= 4 is 17.4 Å². The Hall–Kier alpha value is -2.25. The second kappa shape index (κ2) is 3.87. The van der Waals surface area contributed by atoms with Gasteiger partial charge in [-0.2, -0.15) is 13.2 Å². The van der Waals surface area contributed by atoms with Gasteiger partial charge in [-0.1, -0.05) is 6.07 Å². The molecule has 0 spiro atoms. The normalized spacial score (nSPS) is 17.1. The van der Waals surface area contributed by atoms with Crippen LogP contribution in [-0.4, -0.2) is 32.2 Å². The lowest BCUT2D eigenvalue weighted by molar-refractivity contribution is -0.151. The zero-order valence-corrected chi connectivity index (χ0v) is 10.1. The van der Waals surface area contributed by atoms with Crippen LogP contribution in [0.5, 0.6) is 0 Å². The van der Waals surface area contributed by atoms with Gasteiger partial charge in [-0.25, -0.2) is 9.78 Å². The van der Waals surface area contributed by atoms with Gasteiger partial charge in [0, 0.05) is 6.20 Å². The lowest BCUT2D eigenvalue weighted by Crippen LogP contribution is -2.39. The fraction of sp³-hybridized carbons (Fsp3) is 0.333. The van der Waals surface area contributed by atoms with Crippen LogP contribution in [0.25, 0.3) is 5.65 Å². The summed E-state index contributed by atoms with van der Waals surface area (Å²) in [5, 5.41) is 11.5. The summed E-state index contributed by atoms with van der Waals surface area (Å²) in [5.74, 6) is -1.58. The third-order valence-corrected chi connectivity index (χ3v) is 3.38. The van der Waals surface area contributed by atoms with Crippen LogP contribution in [0.4, 0.5) is 19.0 Å². The van der Waals surface area contributed by atoms with E-state index in [1.54, 1.807) is 12.1 Å². The van der Waals surface area contributed by atoms with E-state index in [0.29, 0.717) is 0 Å². The van der Waals surface area contributed by atoms with Crippen molar-refractivity contribution in [1.82, 2.24) is 9.38 Å². The number of imidazole rings is 1. The van der Waals surface area contributed by atoms with Gasteiger partial charge in [-0.05, 0) is 25.0 Å². The molecule has 0 amide bonds. The zero-order valence-electron chi connectivity index (χ0n) is 10.1. The maximum atomic E-state index is 12.9. The molecular formula is C12H10F3N3O2. The molecule has 0 unspecified atom stereocenters. The van der Waals surface area contributed by atoms with Crippen molar-refractivity contribution < 1.29 is 23.1 Å². The number of aromatic carboxylic acids is 1. The van der Waals surface area contributed by atoms with Crippen LogP contribution in [0.3, 0.4) is 0 Å². The Morgan fingerprint density at radius 1 is 1.40 bits per heavy atom. The average molecular weight is 285 g/mol. The molecule has 3 rings (SSSR count). The molecule has 0 aliphatic heterocycles. The first-order valence-corrected chi connectivity index (χ1v) is 5.89. The van der Waals surface area contributed by atoms with Gasteiger partial charge in [-0.15, -0.1) is 0 Å². The summed E-state index contributed by atoms with van der Waals surface area (Å²) in [4.78, 5) is 15.2. The maximum Gasteiger partial charge on any atom is 0.411 e. The van der Waals surface area contributed by atoms with Crippen molar-refractivity contribution in [3.05, 3.63) is 30.1 Å². The molecule has 106 valence electrons. The van der Waals surface area contributed by atoms with Crippen LogP contribution in [0.2, 0.25) is 0 Å². The Bertz CT molecular complexity index is 689. The van der Waals surface area contributed by atoms with Crippen molar-refractivity contribution in [2.45, 2.75) is 24.6 Å². The Balaban J connectivity index is 2.08. The molecule has 0 aromatic carbocycles. The number of fused-ring (bicyclic) bond motifs is 1. The molecule has 1 aliphatic rings. The number of aromatic nitrogens is 2. The number of carboxylic acids is 1. The van der Waals surface area contributed by atoms with E-state index in [2.05, 4.69) is 10.3 Å². The molecule has 0 atom stereocenters. The summed E-state index contributed by atoms with van der Waals surface area (Å²) in [5.41, 5.74) is -2.06. The average Bonchev–Trinajstić information content (AvgIpc) is 3.03. The molecule has 0 bridgehead atoms. The van der Waals surface area contributed by atoms with Crippen molar-refractivity contribution in [1.29, 1.82) is 0 Å². The first-order chi connectivity index (χ1) is 9.34. The molecular weight excluding hydrogens is 275 g/mol. The molecule has 8 heteroatoms. The predicted octanol–water partition coefficient (Wildman–Crippen LogP) is 2.54. The summed E-state index contributed by atoms with van der Waals surface area (Å²) in [6.07, 6.45) is -3.14. The fourth-order valence-electron chi connectivity index (χ4n) is 2.12. The number of halogens is 3. The van der Waals surface area contributed by atoms with Gasteiger partial charge in [0.15, 0.2) is 11.5 Å². The number of hydrogen-bond acceptors (Lipinski definition) is 3.